The van der Waals surface area contributed by atoms with Gasteiger partial charge < -0.3 is 9.88 Å². The number of carbonyl (C=O) groups is 1. The van der Waals surface area contributed by atoms with Crippen molar-refractivity contribution in [2.75, 3.05) is 11.1 Å². The summed E-state index contributed by atoms with van der Waals surface area (Å²) in [5.41, 5.74) is 0.690. The highest BCUT2D eigenvalue weighted by molar-refractivity contribution is 7.99. The summed E-state index contributed by atoms with van der Waals surface area (Å²) in [5, 5.41) is 12.2. The lowest BCUT2D eigenvalue weighted by Gasteiger charge is -2.05. The van der Waals surface area contributed by atoms with E-state index in [1.54, 1.807) is 24.3 Å². The minimum Gasteiger partial charge on any atom is -0.325 e. The fourth-order valence-electron chi connectivity index (χ4n) is 1.67. The first-order chi connectivity index (χ1) is 9.60. The standard InChI is InChI=1S/C13H15ClN4OS/c1-3-11-16-17-13(18(11)2)20-8-12(19)15-10-6-4-5-9(14)7-10/h4-7H,3,8H2,1-2H3,(H,15,19). The summed E-state index contributed by atoms with van der Waals surface area (Å²) in [6, 6.07) is 7.06. The first-order valence-electron chi connectivity index (χ1n) is 6.16. The predicted octanol–water partition coefficient (Wildman–Crippen LogP) is 2.76. The Labute approximate surface area is 126 Å². The monoisotopic (exact) mass is 310 g/mol. The molecule has 1 heterocycles. The van der Waals surface area contributed by atoms with Crippen LogP contribution in [0.2, 0.25) is 5.02 Å². The van der Waals surface area contributed by atoms with Crippen LogP contribution in [0.4, 0.5) is 5.69 Å². The van der Waals surface area contributed by atoms with E-state index >= 15 is 0 Å². The number of amides is 1. The van der Waals surface area contributed by atoms with Gasteiger partial charge in [0.1, 0.15) is 5.82 Å². The van der Waals surface area contributed by atoms with Gasteiger partial charge in [-0.25, -0.2) is 0 Å². The molecule has 106 valence electrons. The van der Waals surface area contributed by atoms with Crippen molar-refractivity contribution in [3.63, 3.8) is 0 Å². The van der Waals surface area contributed by atoms with Crippen molar-refractivity contribution >= 4 is 35.0 Å². The minimum atomic E-state index is -0.0988. The number of benzene rings is 1. The maximum absolute atomic E-state index is 11.9. The highest BCUT2D eigenvalue weighted by Crippen LogP contribution is 2.18. The number of nitrogens with zero attached hydrogens (tertiary/aromatic N) is 3. The van der Waals surface area contributed by atoms with E-state index in [2.05, 4.69) is 15.5 Å². The summed E-state index contributed by atoms with van der Waals surface area (Å²) >= 11 is 7.22. The number of nitrogens with one attached hydrogen (secondary N) is 1. The van der Waals surface area contributed by atoms with Crippen LogP contribution in [0.1, 0.15) is 12.7 Å². The third-order valence-electron chi connectivity index (χ3n) is 2.68. The van der Waals surface area contributed by atoms with Crippen molar-refractivity contribution in [1.29, 1.82) is 0 Å². The molecule has 0 fully saturated rings. The van der Waals surface area contributed by atoms with E-state index in [1.165, 1.54) is 11.8 Å². The lowest BCUT2D eigenvalue weighted by Crippen LogP contribution is -2.14. The molecule has 2 rings (SSSR count). The van der Waals surface area contributed by atoms with Crippen molar-refractivity contribution in [2.24, 2.45) is 7.05 Å². The SMILES string of the molecule is CCc1nnc(SCC(=O)Nc2cccc(Cl)c2)n1C. The summed E-state index contributed by atoms with van der Waals surface area (Å²) in [5.74, 6) is 1.09. The second kappa shape index (κ2) is 6.76. The van der Waals surface area contributed by atoms with Crippen LogP contribution in [-0.4, -0.2) is 26.4 Å². The molecule has 0 aliphatic rings. The number of anilines is 1. The van der Waals surface area contributed by atoms with Gasteiger partial charge in [0, 0.05) is 24.2 Å². The van der Waals surface area contributed by atoms with Crippen LogP contribution in [0.15, 0.2) is 29.4 Å². The van der Waals surface area contributed by atoms with Gasteiger partial charge in [-0.2, -0.15) is 0 Å². The molecule has 0 aliphatic carbocycles. The molecule has 1 amide bonds. The zero-order valence-corrected chi connectivity index (χ0v) is 12.8. The molecule has 2 aromatic rings. The lowest BCUT2D eigenvalue weighted by atomic mass is 10.3. The summed E-state index contributed by atoms with van der Waals surface area (Å²) in [7, 11) is 1.90. The quantitative estimate of drug-likeness (QED) is 0.863. The van der Waals surface area contributed by atoms with Crippen molar-refractivity contribution in [3.8, 4) is 0 Å². The van der Waals surface area contributed by atoms with E-state index in [9.17, 15) is 4.79 Å². The molecule has 20 heavy (non-hydrogen) atoms. The van der Waals surface area contributed by atoms with Gasteiger partial charge in [0.05, 0.1) is 5.75 Å². The zero-order chi connectivity index (χ0) is 14.5. The Kier molecular flexibility index (Phi) is 5.03. The topological polar surface area (TPSA) is 59.8 Å². The summed E-state index contributed by atoms with van der Waals surface area (Å²) in [6.07, 6.45) is 0.818. The van der Waals surface area contributed by atoms with Gasteiger partial charge in [-0.1, -0.05) is 36.4 Å². The van der Waals surface area contributed by atoms with E-state index in [0.717, 1.165) is 17.4 Å². The third-order valence-corrected chi connectivity index (χ3v) is 3.94. The van der Waals surface area contributed by atoms with Crippen LogP contribution >= 0.6 is 23.4 Å². The maximum atomic E-state index is 11.9. The molecule has 1 aromatic carbocycles. The van der Waals surface area contributed by atoms with E-state index in [-0.39, 0.29) is 11.7 Å². The number of thioether (sulfide) groups is 1. The van der Waals surface area contributed by atoms with Gasteiger partial charge in [0.15, 0.2) is 5.16 Å². The van der Waals surface area contributed by atoms with Crippen LogP contribution in [0, 0.1) is 0 Å². The number of halogens is 1. The molecule has 1 N–H and O–H groups in total. The number of hydrogen-bond donors (Lipinski definition) is 1. The molecule has 0 unspecified atom stereocenters. The highest BCUT2D eigenvalue weighted by Gasteiger charge is 2.10. The zero-order valence-electron chi connectivity index (χ0n) is 11.3. The van der Waals surface area contributed by atoms with Crippen molar-refractivity contribution in [2.45, 2.75) is 18.5 Å². The van der Waals surface area contributed by atoms with Gasteiger partial charge in [0.25, 0.3) is 0 Å². The molecule has 0 saturated heterocycles. The van der Waals surface area contributed by atoms with E-state index < -0.39 is 0 Å². The lowest BCUT2D eigenvalue weighted by molar-refractivity contribution is -0.113. The second-order valence-corrected chi connectivity index (χ2v) is 5.54. The Balaban J connectivity index is 1.90. The molecular formula is C13H15ClN4OS. The van der Waals surface area contributed by atoms with Crippen LogP contribution in [-0.2, 0) is 18.3 Å². The van der Waals surface area contributed by atoms with Crippen molar-refractivity contribution < 1.29 is 4.79 Å². The Hall–Kier alpha value is -1.53. The number of rotatable bonds is 5. The number of aromatic nitrogens is 3. The Morgan fingerprint density at radius 3 is 2.90 bits per heavy atom. The number of carbonyl (C=O) groups excluding carboxylic acids is 1. The smallest absolute Gasteiger partial charge is 0.234 e. The molecule has 5 nitrogen and oxygen atoms in total. The normalized spacial score (nSPS) is 10.6. The predicted molar refractivity (Wildman–Crippen MR) is 81.2 cm³/mol. The molecule has 0 bridgehead atoms. The Morgan fingerprint density at radius 2 is 2.25 bits per heavy atom. The van der Waals surface area contributed by atoms with Gasteiger partial charge in [-0.3, -0.25) is 4.79 Å². The average molecular weight is 311 g/mol. The molecule has 0 saturated carbocycles. The molecule has 0 spiro atoms. The van der Waals surface area contributed by atoms with Gasteiger partial charge in [0.2, 0.25) is 5.91 Å². The molecular weight excluding hydrogens is 296 g/mol. The van der Waals surface area contributed by atoms with Crippen LogP contribution < -0.4 is 5.32 Å². The number of hydrogen-bond acceptors (Lipinski definition) is 4. The summed E-state index contributed by atoms with van der Waals surface area (Å²) in [6.45, 7) is 2.02. The highest BCUT2D eigenvalue weighted by atomic mass is 35.5. The third kappa shape index (κ3) is 3.74. The van der Waals surface area contributed by atoms with Crippen molar-refractivity contribution in [3.05, 3.63) is 35.1 Å². The summed E-state index contributed by atoms with van der Waals surface area (Å²) in [4.78, 5) is 11.9. The van der Waals surface area contributed by atoms with Gasteiger partial charge >= 0.3 is 0 Å². The largest absolute Gasteiger partial charge is 0.325 e. The first kappa shape index (κ1) is 14.9. The molecule has 0 radical (unpaired) electrons. The van der Waals surface area contributed by atoms with E-state index in [1.807, 2.05) is 18.5 Å². The van der Waals surface area contributed by atoms with Crippen molar-refractivity contribution in [1.82, 2.24) is 14.8 Å². The van der Waals surface area contributed by atoms with E-state index in [4.69, 9.17) is 11.6 Å². The van der Waals surface area contributed by atoms with Crippen LogP contribution in [0.3, 0.4) is 0 Å². The fourth-order valence-corrected chi connectivity index (χ4v) is 2.59. The summed E-state index contributed by atoms with van der Waals surface area (Å²) < 4.78 is 1.90. The van der Waals surface area contributed by atoms with Gasteiger partial charge in [-0.05, 0) is 18.2 Å². The van der Waals surface area contributed by atoms with Gasteiger partial charge in [-0.15, -0.1) is 10.2 Å². The Bertz CT molecular complexity index is 614. The fraction of sp³-hybridized carbons (Fsp3) is 0.308. The average Bonchev–Trinajstić information content (AvgIpc) is 2.77. The Morgan fingerprint density at radius 1 is 1.45 bits per heavy atom. The second-order valence-electron chi connectivity index (χ2n) is 4.16. The maximum Gasteiger partial charge on any atom is 0.234 e. The molecule has 0 aliphatic heterocycles. The van der Waals surface area contributed by atoms with Crippen LogP contribution in [0.5, 0.6) is 0 Å². The minimum absolute atomic E-state index is 0.0988. The number of aryl methyl sites for hydroxylation is 1. The molecule has 0 atom stereocenters. The van der Waals surface area contributed by atoms with E-state index in [0.29, 0.717) is 10.7 Å². The molecule has 7 heteroatoms. The molecule has 1 aromatic heterocycles. The first-order valence-corrected chi connectivity index (χ1v) is 7.53. The van der Waals surface area contributed by atoms with Crippen LogP contribution in [0.25, 0.3) is 0 Å².